The van der Waals surface area contributed by atoms with E-state index in [9.17, 15) is 22.8 Å². The van der Waals surface area contributed by atoms with Gasteiger partial charge in [-0.2, -0.15) is 13.2 Å². The minimum atomic E-state index is -4.74. The van der Waals surface area contributed by atoms with Gasteiger partial charge in [0.2, 0.25) is 11.7 Å². The molecular weight excluding hydrogens is 375 g/mol. The fourth-order valence-electron chi connectivity index (χ4n) is 2.87. The van der Waals surface area contributed by atoms with Gasteiger partial charge in [0.05, 0.1) is 29.4 Å². The number of methoxy groups -OCH3 is 1. The molecule has 1 atom stereocenters. The Bertz CT molecular complexity index is 1040. The van der Waals surface area contributed by atoms with Gasteiger partial charge in [0.15, 0.2) is 0 Å². The number of rotatable bonds is 4. The van der Waals surface area contributed by atoms with Crippen molar-refractivity contribution >= 4 is 28.6 Å². The molecular formula is C19H16F3N3O3. The lowest BCUT2D eigenvalue weighted by Crippen LogP contribution is -2.28. The van der Waals surface area contributed by atoms with E-state index in [0.29, 0.717) is 0 Å². The topological polar surface area (TPSA) is 73.2 Å². The van der Waals surface area contributed by atoms with Crippen molar-refractivity contribution in [3.8, 4) is 0 Å². The van der Waals surface area contributed by atoms with Crippen LogP contribution in [0.15, 0.2) is 48.5 Å². The number of alkyl halides is 3. The first-order valence-corrected chi connectivity index (χ1v) is 8.26. The van der Waals surface area contributed by atoms with Gasteiger partial charge < -0.3 is 14.6 Å². The molecule has 9 heteroatoms. The fourth-order valence-corrected chi connectivity index (χ4v) is 2.87. The van der Waals surface area contributed by atoms with E-state index in [1.54, 1.807) is 24.3 Å². The summed E-state index contributed by atoms with van der Waals surface area (Å²) in [6.07, 6.45) is -4.74. The summed E-state index contributed by atoms with van der Waals surface area (Å²) in [5.41, 5.74) is 0.546. The predicted octanol–water partition coefficient (Wildman–Crippen LogP) is 4.04. The number of anilines is 1. The van der Waals surface area contributed by atoms with Crippen molar-refractivity contribution in [1.29, 1.82) is 0 Å². The lowest BCUT2D eigenvalue weighted by Gasteiger charge is -2.19. The van der Waals surface area contributed by atoms with E-state index in [4.69, 9.17) is 0 Å². The van der Waals surface area contributed by atoms with Crippen molar-refractivity contribution in [2.24, 2.45) is 0 Å². The van der Waals surface area contributed by atoms with Crippen LogP contribution < -0.4 is 5.32 Å². The van der Waals surface area contributed by atoms with Crippen LogP contribution in [0, 0.1) is 0 Å². The summed E-state index contributed by atoms with van der Waals surface area (Å²) in [6.45, 7) is 1.33. The number of hydrogen-bond acceptors (Lipinski definition) is 4. The number of carbonyl (C=O) groups excluding carboxylic acids is 2. The zero-order valence-corrected chi connectivity index (χ0v) is 14.9. The average molecular weight is 391 g/mol. The number of para-hydroxylation sites is 3. The summed E-state index contributed by atoms with van der Waals surface area (Å²) < 4.78 is 45.9. The Balaban J connectivity index is 2.01. The average Bonchev–Trinajstić information content (AvgIpc) is 3.07. The first-order chi connectivity index (χ1) is 13.2. The molecule has 2 aromatic carbocycles. The zero-order valence-electron chi connectivity index (χ0n) is 14.9. The second-order valence-electron chi connectivity index (χ2n) is 5.99. The number of benzene rings is 2. The summed E-state index contributed by atoms with van der Waals surface area (Å²) in [5, 5.41) is 2.50. The van der Waals surface area contributed by atoms with Crippen LogP contribution in [0.4, 0.5) is 18.9 Å². The van der Waals surface area contributed by atoms with Crippen LogP contribution in [0.2, 0.25) is 0 Å². The molecule has 1 heterocycles. The molecule has 3 aromatic rings. The van der Waals surface area contributed by atoms with E-state index in [1.807, 2.05) is 0 Å². The lowest BCUT2D eigenvalue weighted by atomic mass is 10.1. The SMILES string of the molecule is COC(=O)c1ccccc1NC(=O)[C@H](C)n1c(C(F)(F)F)nc2ccccc21. The number of nitrogens with zero attached hydrogens (tertiary/aromatic N) is 2. The number of amides is 1. The molecule has 0 unspecified atom stereocenters. The lowest BCUT2D eigenvalue weighted by molar-refractivity contribution is -0.148. The van der Waals surface area contributed by atoms with Crippen LogP contribution in [0.25, 0.3) is 11.0 Å². The molecule has 6 nitrogen and oxygen atoms in total. The highest BCUT2D eigenvalue weighted by molar-refractivity contribution is 6.02. The predicted molar refractivity (Wildman–Crippen MR) is 95.9 cm³/mol. The number of hydrogen-bond donors (Lipinski definition) is 1. The van der Waals surface area contributed by atoms with Crippen LogP contribution in [-0.4, -0.2) is 28.5 Å². The van der Waals surface area contributed by atoms with E-state index >= 15 is 0 Å². The summed E-state index contributed by atoms with van der Waals surface area (Å²) >= 11 is 0. The third-order valence-corrected chi connectivity index (χ3v) is 4.21. The molecule has 28 heavy (non-hydrogen) atoms. The van der Waals surface area contributed by atoms with Gasteiger partial charge >= 0.3 is 12.1 Å². The Kier molecular flexibility index (Phi) is 5.08. The maximum atomic E-state index is 13.5. The standard InChI is InChI=1S/C19H16F3N3O3/c1-11(16(26)23-13-8-4-3-7-12(13)17(27)28-2)25-15-10-6-5-9-14(15)24-18(25)19(20,21)22/h3-11H,1-2H3,(H,23,26)/t11-/m0/s1. The van der Waals surface area contributed by atoms with Crippen molar-refractivity contribution < 1.29 is 27.5 Å². The van der Waals surface area contributed by atoms with Crippen molar-refractivity contribution in [3.63, 3.8) is 0 Å². The van der Waals surface area contributed by atoms with Gasteiger partial charge in [-0.15, -0.1) is 0 Å². The van der Waals surface area contributed by atoms with Crippen LogP contribution in [0.3, 0.4) is 0 Å². The van der Waals surface area contributed by atoms with Gasteiger partial charge in [0.1, 0.15) is 6.04 Å². The first-order valence-electron chi connectivity index (χ1n) is 8.26. The molecule has 1 aromatic heterocycles. The Morgan fingerprint density at radius 2 is 1.75 bits per heavy atom. The molecule has 0 aliphatic rings. The minimum absolute atomic E-state index is 0.0945. The number of halogens is 3. The molecule has 0 saturated carbocycles. The number of aromatic nitrogens is 2. The summed E-state index contributed by atoms with van der Waals surface area (Å²) in [6, 6.07) is 10.9. The van der Waals surface area contributed by atoms with Gasteiger partial charge in [-0.1, -0.05) is 24.3 Å². The molecule has 0 spiro atoms. The molecule has 1 N–H and O–H groups in total. The van der Waals surface area contributed by atoms with Crippen LogP contribution in [-0.2, 0) is 15.7 Å². The highest BCUT2D eigenvalue weighted by Gasteiger charge is 2.39. The number of carbonyl (C=O) groups is 2. The molecule has 0 bridgehead atoms. The van der Waals surface area contributed by atoms with Gasteiger partial charge in [0, 0.05) is 0 Å². The molecule has 0 aliphatic heterocycles. The van der Waals surface area contributed by atoms with Gasteiger partial charge in [-0.25, -0.2) is 9.78 Å². The second-order valence-corrected chi connectivity index (χ2v) is 5.99. The van der Waals surface area contributed by atoms with Crippen molar-refractivity contribution in [2.45, 2.75) is 19.1 Å². The number of fused-ring (bicyclic) bond motifs is 1. The summed E-state index contributed by atoms with van der Waals surface area (Å²) in [4.78, 5) is 28.2. The normalized spacial score (nSPS) is 12.6. The van der Waals surface area contributed by atoms with E-state index < -0.39 is 29.9 Å². The van der Waals surface area contributed by atoms with Crippen molar-refractivity contribution in [2.75, 3.05) is 12.4 Å². The van der Waals surface area contributed by atoms with Crippen LogP contribution in [0.5, 0.6) is 0 Å². The molecule has 1 amide bonds. The monoisotopic (exact) mass is 391 g/mol. The Morgan fingerprint density at radius 3 is 2.43 bits per heavy atom. The number of nitrogens with one attached hydrogen (secondary N) is 1. The molecule has 0 fully saturated rings. The van der Waals surface area contributed by atoms with E-state index in [-0.39, 0.29) is 22.3 Å². The van der Waals surface area contributed by atoms with Crippen LogP contribution >= 0.6 is 0 Å². The third kappa shape index (κ3) is 3.55. The molecule has 0 saturated heterocycles. The number of ether oxygens (including phenoxy) is 1. The smallest absolute Gasteiger partial charge is 0.449 e. The zero-order chi connectivity index (χ0) is 20.5. The summed E-state index contributed by atoms with van der Waals surface area (Å²) in [7, 11) is 1.19. The maximum Gasteiger partial charge on any atom is 0.449 e. The number of esters is 1. The summed E-state index contributed by atoms with van der Waals surface area (Å²) in [5.74, 6) is -2.57. The van der Waals surface area contributed by atoms with Crippen molar-refractivity contribution in [3.05, 3.63) is 59.9 Å². The highest BCUT2D eigenvalue weighted by Crippen LogP contribution is 2.34. The van der Waals surface area contributed by atoms with E-state index in [2.05, 4.69) is 15.0 Å². The Hall–Kier alpha value is -3.36. The fraction of sp³-hybridized carbons (Fsp3) is 0.211. The van der Waals surface area contributed by atoms with Gasteiger partial charge in [-0.3, -0.25) is 4.79 Å². The third-order valence-electron chi connectivity index (χ3n) is 4.21. The van der Waals surface area contributed by atoms with Crippen molar-refractivity contribution in [1.82, 2.24) is 9.55 Å². The van der Waals surface area contributed by atoms with Crippen LogP contribution in [0.1, 0.15) is 29.1 Å². The highest BCUT2D eigenvalue weighted by atomic mass is 19.4. The minimum Gasteiger partial charge on any atom is -0.465 e. The van der Waals surface area contributed by atoms with Gasteiger partial charge in [0.25, 0.3) is 0 Å². The largest absolute Gasteiger partial charge is 0.465 e. The Labute approximate surface area is 157 Å². The Morgan fingerprint density at radius 1 is 1.11 bits per heavy atom. The maximum absolute atomic E-state index is 13.5. The number of imidazole rings is 1. The quantitative estimate of drug-likeness (QED) is 0.682. The molecule has 0 radical (unpaired) electrons. The second kappa shape index (κ2) is 7.34. The van der Waals surface area contributed by atoms with E-state index in [0.717, 1.165) is 4.57 Å². The van der Waals surface area contributed by atoms with Gasteiger partial charge in [-0.05, 0) is 31.2 Å². The molecule has 0 aliphatic carbocycles. The first kappa shape index (κ1) is 19.4. The van der Waals surface area contributed by atoms with E-state index in [1.165, 1.54) is 38.3 Å². The molecule has 3 rings (SSSR count). The molecule has 146 valence electrons.